The van der Waals surface area contributed by atoms with Gasteiger partial charge in [-0.15, -0.1) is 0 Å². The lowest BCUT2D eigenvalue weighted by Gasteiger charge is -2.13. The number of aryl methyl sites for hydroxylation is 1. The lowest BCUT2D eigenvalue weighted by atomic mass is 10.1. The first-order valence-corrected chi connectivity index (χ1v) is 8.22. The third kappa shape index (κ3) is 2.51. The zero-order chi connectivity index (χ0) is 15.2. The summed E-state index contributed by atoms with van der Waals surface area (Å²) in [5.74, 6) is 1.49. The summed E-state index contributed by atoms with van der Waals surface area (Å²) >= 11 is 0. The number of fused-ring (bicyclic) bond motifs is 1. The maximum absolute atomic E-state index is 12.1. The van der Waals surface area contributed by atoms with Gasteiger partial charge < -0.3 is 9.84 Å². The molecule has 2 aliphatic carbocycles. The minimum absolute atomic E-state index is 0.189. The van der Waals surface area contributed by atoms with E-state index < -0.39 is 0 Å². The lowest BCUT2D eigenvalue weighted by molar-refractivity contribution is -0.276. The second-order valence-electron chi connectivity index (χ2n) is 6.84. The summed E-state index contributed by atoms with van der Waals surface area (Å²) in [7, 11) is 1.60. The molecule has 4 heteroatoms. The fourth-order valence-electron chi connectivity index (χ4n) is 3.64. The average molecular weight is 297 g/mol. The predicted molar refractivity (Wildman–Crippen MR) is 82.9 cm³/mol. The number of ether oxygens (including phenoxy) is 1. The summed E-state index contributed by atoms with van der Waals surface area (Å²) in [6.07, 6.45) is 8.69. The maximum Gasteiger partial charge on any atom is 0.121 e. The van der Waals surface area contributed by atoms with E-state index in [0.717, 1.165) is 29.7 Å². The highest BCUT2D eigenvalue weighted by Gasteiger charge is 2.61. The van der Waals surface area contributed by atoms with Crippen molar-refractivity contribution >= 4 is 11.0 Å². The molecule has 2 fully saturated rings. The summed E-state index contributed by atoms with van der Waals surface area (Å²) in [6, 6.07) is 5.48. The van der Waals surface area contributed by atoms with Crippen LogP contribution in [0.1, 0.15) is 44.2 Å². The van der Waals surface area contributed by atoms with E-state index in [1.807, 2.05) is 12.1 Å². The first-order chi connectivity index (χ1) is 10.7. The molecule has 0 radical (unpaired) electrons. The van der Waals surface area contributed by atoms with Gasteiger partial charge in [-0.2, -0.15) is 0 Å². The number of hydrogen-bond donors (Lipinski definition) is 0. The van der Waals surface area contributed by atoms with E-state index in [0.29, 0.717) is 17.0 Å². The van der Waals surface area contributed by atoms with Crippen molar-refractivity contribution in [2.75, 3.05) is 7.11 Å². The van der Waals surface area contributed by atoms with Crippen LogP contribution in [0.3, 0.4) is 0 Å². The number of unbranched alkanes of at least 4 members (excludes halogenated alkanes) is 1. The molecule has 22 heavy (non-hydrogen) atoms. The van der Waals surface area contributed by atoms with Crippen LogP contribution in [-0.4, -0.2) is 17.1 Å². The molecular formula is C18H21N2O2-. The van der Waals surface area contributed by atoms with Gasteiger partial charge in [0.1, 0.15) is 5.75 Å². The van der Waals surface area contributed by atoms with Gasteiger partial charge in [0.15, 0.2) is 0 Å². The first-order valence-electron chi connectivity index (χ1n) is 8.22. The van der Waals surface area contributed by atoms with E-state index in [4.69, 9.17) is 4.74 Å². The minimum atomic E-state index is -0.189. The zero-order valence-electron chi connectivity index (χ0n) is 13.0. The number of methoxy groups -OCH3 is 1. The largest absolute Gasteiger partial charge is 0.857 e. The molecule has 0 amide bonds. The quantitative estimate of drug-likeness (QED) is 0.768. The molecule has 0 aliphatic heterocycles. The molecule has 2 aromatic rings. The second-order valence-corrected chi connectivity index (χ2v) is 6.84. The minimum Gasteiger partial charge on any atom is -0.857 e. The van der Waals surface area contributed by atoms with Crippen molar-refractivity contribution in [3.05, 3.63) is 23.9 Å². The summed E-state index contributed by atoms with van der Waals surface area (Å²) in [6.45, 7) is 0. The lowest BCUT2D eigenvalue weighted by Crippen LogP contribution is -2.04. The molecule has 1 heterocycles. The Bertz CT molecular complexity index is 710. The van der Waals surface area contributed by atoms with Crippen LogP contribution in [0.25, 0.3) is 11.0 Å². The van der Waals surface area contributed by atoms with Gasteiger partial charge in [-0.25, -0.2) is 0 Å². The molecule has 4 rings (SSSR count). The van der Waals surface area contributed by atoms with Crippen molar-refractivity contribution in [2.45, 2.75) is 44.9 Å². The highest BCUT2D eigenvalue weighted by atomic mass is 16.5. The van der Waals surface area contributed by atoms with E-state index in [1.54, 1.807) is 13.2 Å². The van der Waals surface area contributed by atoms with Gasteiger partial charge in [0, 0.05) is 11.9 Å². The Labute approximate surface area is 130 Å². The summed E-state index contributed by atoms with van der Waals surface area (Å²) in [5, 5.41) is 12.1. The van der Waals surface area contributed by atoms with Crippen LogP contribution in [0.2, 0.25) is 0 Å². The van der Waals surface area contributed by atoms with Gasteiger partial charge in [-0.05, 0) is 62.0 Å². The van der Waals surface area contributed by atoms with Crippen molar-refractivity contribution in [1.82, 2.24) is 9.97 Å². The van der Waals surface area contributed by atoms with E-state index in [-0.39, 0.29) is 5.88 Å². The van der Waals surface area contributed by atoms with E-state index in [9.17, 15) is 5.11 Å². The van der Waals surface area contributed by atoms with E-state index >= 15 is 0 Å². The number of aromatic nitrogens is 2. The van der Waals surface area contributed by atoms with Crippen molar-refractivity contribution in [1.29, 1.82) is 0 Å². The molecule has 1 aromatic heterocycles. The summed E-state index contributed by atoms with van der Waals surface area (Å²) in [5.41, 5.74) is 2.79. The fraction of sp³-hybridized carbons (Fsp3) is 0.556. The van der Waals surface area contributed by atoms with Gasteiger partial charge in [0.05, 0.1) is 23.8 Å². The first kappa shape index (κ1) is 13.8. The number of rotatable bonds is 6. The molecule has 4 nitrogen and oxygen atoms in total. The Morgan fingerprint density at radius 3 is 2.82 bits per heavy atom. The normalized spacial score (nSPS) is 21.2. The number of nitrogens with zero attached hydrogens (tertiary/aromatic N) is 2. The van der Waals surface area contributed by atoms with Gasteiger partial charge in [-0.3, -0.25) is 9.97 Å². The molecule has 0 bridgehead atoms. The second kappa shape index (κ2) is 5.11. The highest BCUT2D eigenvalue weighted by molar-refractivity contribution is 5.76. The van der Waals surface area contributed by atoms with Crippen LogP contribution in [0.15, 0.2) is 18.2 Å². The monoisotopic (exact) mass is 297 g/mol. The molecule has 1 spiro atoms. The Morgan fingerprint density at radius 2 is 2.09 bits per heavy atom. The highest BCUT2D eigenvalue weighted by Crippen LogP contribution is 2.71. The number of benzene rings is 1. The molecule has 1 unspecified atom stereocenters. The smallest absolute Gasteiger partial charge is 0.121 e. The van der Waals surface area contributed by atoms with Crippen LogP contribution in [0, 0.1) is 11.3 Å². The molecule has 1 atom stereocenters. The zero-order valence-corrected chi connectivity index (χ0v) is 13.0. The topological polar surface area (TPSA) is 58.1 Å². The molecule has 2 saturated carbocycles. The van der Waals surface area contributed by atoms with Crippen LogP contribution < -0.4 is 9.84 Å². The molecule has 0 N–H and O–H groups in total. The van der Waals surface area contributed by atoms with Gasteiger partial charge in [-0.1, -0.05) is 6.42 Å². The van der Waals surface area contributed by atoms with Gasteiger partial charge >= 0.3 is 0 Å². The van der Waals surface area contributed by atoms with Crippen LogP contribution in [0.4, 0.5) is 0 Å². The molecular weight excluding hydrogens is 276 g/mol. The Kier molecular flexibility index (Phi) is 3.21. The van der Waals surface area contributed by atoms with Crippen molar-refractivity contribution < 1.29 is 9.84 Å². The molecule has 116 valence electrons. The number of hydrogen-bond acceptors (Lipinski definition) is 4. The Balaban J connectivity index is 1.39. The van der Waals surface area contributed by atoms with Gasteiger partial charge in [0.25, 0.3) is 0 Å². The Hall–Kier alpha value is -1.84. The molecule has 2 aliphatic rings. The van der Waals surface area contributed by atoms with Crippen LogP contribution in [0.5, 0.6) is 11.6 Å². The maximum atomic E-state index is 12.1. The third-order valence-electron chi connectivity index (χ3n) is 5.37. The van der Waals surface area contributed by atoms with Crippen LogP contribution >= 0.6 is 0 Å². The van der Waals surface area contributed by atoms with E-state index in [2.05, 4.69) is 9.97 Å². The van der Waals surface area contributed by atoms with Gasteiger partial charge in [0.2, 0.25) is 0 Å². The summed E-state index contributed by atoms with van der Waals surface area (Å²) in [4.78, 5) is 8.64. The van der Waals surface area contributed by atoms with E-state index in [1.165, 1.54) is 32.1 Å². The van der Waals surface area contributed by atoms with Crippen LogP contribution in [-0.2, 0) is 6.42 Å². The molecule has 0 saturated heterocycles. The van der Waals surface area contributed by atoms with Crippen molar-refractivity contribution in [3.8, 4) is 11.6 Å². The predicted octanol–water partition coefficient (Wildman–Crippen LogP) is 3.22. The van der Waals surface area contributed by atoms with Crippen molar-refractivity contribution in [2.24, 2.45) is 11.3 Å². The van der Waals surface area contributed by atoms with Crippen molar-refractivity contribution in [3.63, 3.8) is 0 Å². The Morgan fingerprint density at radius 1 is 1.23 bits per heavy atom. The average Bonchev–Trinajstić information content (AvgIpc) is 3.44. The SMILES string of the molecule is COc1ccc2nc(CCCCC3CC34CC4)c([O-])nc2c1. The standard InChI is InChI=1S/C18H22N2O2/c1-22-13-6-7-14-16(10-13)20-17(21)15(19-14)5-3-2-4-12-11-18(12)8-9-18/h6-7,10,12H,2-5,8-9,11H2,1H3,(H,20,21)/p-1. The third-order valence-corrected chi connectivity index (χ3v) is 5.37. The fourth-order valence-corrected chi connectivity index (χ4v) is 3.64. The molecule has 1 aromatic carbocycles. The summed E-state index contributed by atoms with van der Waals surface area (Å²) < 4.78 is 5.15.